The van der Waals surface area contributed by atoms with Crippen LogP contribution in [-0.2, 0) is 9.59 Å². The van der Waals surface area contributed by atoms with Crippen LogP contribution >= 0.6 is 0 Å². The van der Waals surface area contributed by atoms with Crippen LogP contribution in [0.15, 0.2) is 0 Å². The fourth-order valence-corrected chi connectivity index (χ4v) is 2.99. The summed E-state index contributed by atoms with van der Waals surface area (Å²) in [4.78, 5) is 22.3. The highest BCUT2D eigenvalue weighted by molar-refractivity contribution is 5.88. The summed E-state index contributed by atoms with van der Waals surface area (Å²) < 4.78 is 0. The molecule has 0 aliphatic heterocycles. The molecule has 15 heavy (non-hydrogen) atoms. The standard InChI is InChI=1S/C10H15NO4/c1-6(12)11-10(8(14)15)5-7(13)9(10)3-2-4-9/h7,13H,2-5H2,1H3,(H,11,12)(H,14,15)/t7-,10-/m0/s1. The lowest BCUT2D eigenvalue weighted by Crippen LogP contribution is -2.79. The topological polar surface area (TPSA) is 86.6 Å². The fraction of sp³-hybridized carbons (Fsp3) is 0.800. The van der Waals surface area contributed by atoms with Gasteiger partial charge in [0.1, 0.15) is 5.54 Å². The predicted molar refractivity (Wildman–Crippen MR) is 51.1 cm³/mol. The lowest BCUT2D eigenvalue weighted by Gasteiger charge is -2.64. The molecule has 5 heteroatoms. The number of carbonyl (C=O) groups is 2. The van der Waals surface area contributed by atoms with Crippen molar-refractivity contribution in [1.29, 1.82) is 0 Å². The molecule has 2 fully saturated rings. The highest BCUT2D eigenvalue weighted by Crippen LogP contribution is 2.62. The van der Waals surface area contributed by atoms with E-state index in [0.717, 1.165) is 6.42 Å². The fourth-order valence-electron chi connectivity index (χ4n) is 2.99. The van der Waals surface area contributed by atoms with Crippen molar-refractivity contribution in [1.82, 2.24) is 5.32 Å². The van der Waals surface area contributed by atoms with E-state index in [0.29, 0.717) is 12.8 Å². The third kappa shape index (κ3) is 1.07. The average Bonchev–Trinajstić information content (AvgIpc) is 1.97. The van der Waals surface area contributed by atoms with Gasteiger partial charge in [-0.15, -0.1) is 0 Å². The molecular weight excluding hydrogens is 198 g/mol. The number of aliphatic carboxylic acids is 1. The number of carbonyl (C=O) groups excluding carboxylic acids is 1. The second-order valence-electron chi connectivity index (χ2n) is 4.62. The SMILES string of the molecule is CC(=O)N[C@]1(C(=O)O)C[C@H](O)C12CCC2. The van der Waals surface area contributed by atoms with Crippen molar-refractivity contribution >= 4 is 11.9 Å². The molecular formula is C10H15NO4. The molecule has 3 N–H and O–H groups in total. The Kier molecular flexibility index (Phi) is 2.05. The normalized spacial score (nSPS) is 36.5. The van der Waals surface area contributed by atoms with E-state index in [1.54, 1.807) is 0 Å². The smallest absolute Gasteiger partial charge is 0.330 e. The third-order valence-electron chi connectivity index (χ3n) is 3.99. The van der Waals surface area contributed by atoms with Crippen LogP contribution in [0.5, 0.6) is 0 Å². The summed E-state index contributed by atoms with van der Waals surface area (Å²) >= 11 is 0. The van der Waals surface area contributed by atoms with Crippen molar-refractivity contribution in [3.05, 3.63) is 0 Å². The van der Waals surface area contributed by atoms with Crippen LogP contribution in [0.25, 0.3) is 0 Å². The molecule has 1 spiro atoms. The molecule has 0 bridgehead atoms. The number of rotatable bonds is 2. The minimum atomic E-state index is -1.23. The van der Waals surface area contributed by atoms with Gasteiger partial charge in [0.2, 0.25) is 5.91 Å². The van der Waals surface area contributed by atoms with Crippen molar-refractivity contribution in [2.45, 2.75) is 44.2 Å². The maximum Gasteiger partial charge on any atom is 0.330 e. The Labute approximate surface area is 87.5 Å². The summed E-state index contributed by atoms with van der Waals surface area (Å²) in [5.74, 6) is -1.38. The van der Waals surface area contributed by atoms with E-state index in [9.17, 15) is 19.8 Å². The van der Waals surface area contributed by atoms with Gasteiger partial charge in [-0.25, -0.2) is 4.79 Å². The number of aliphatic hydroxyl groups excluding tert-OH is 1. The van der Waals surface area contributed by atoms with E-state index in [1.807, 2.05) is 0 Å². The Morgan fingerprint density at radius 3 is 2.27 bits per heavy atom. The second-order valence-corrected chi connectivity index (χ2v) is 4.62. The molecule has 0 aromatic rings. The van der Waals surface area contributed by atoms with Crippen LogP contribution in [0.3, 0.4) is 0 Å². The first kappa shape index (κ1) is 10.4. The van der Waals surface area contributed by atoms with Gasteiger partial charge in [0.15, 0.2) is 0 Å². The third-order valence-corrected chi connectivity index (χ3v) is 3.99. The maximum atomic E-state index is 11.3. The van der Waals surface area contributed by atoms with E-state index in [-0.39, 0.29) is 12.3 Å². The number of amides is 1. The van der Waals surface area contributed by atoms with Crippen LogP contribution in [-0.4, -0.2) is 33.7 Å². The Bertz CT molecular complexity index is 323. The first-order valence-electron chi connectivity index (χ1n) is 5.15. The van der Waals surface area contributed by atoms with Gasteiger partial charge >= 0.3 is 5.97 Å². The molecule has 0 aromatic carbocycles. The number of carboxylic acids is 1. The highest BCUT2D eigenvalue weighted by Gasteiger charge is 2.72. The molecule has 0 unspecified atom stereocenters. The van der Waals surface area contributed by atoms with Gasteiger partial charge in [-0.3, -0.25) is 4.79 Å². The monoisotopic (exact) mass is 213 g/mol. The van der Waals surface area contributed by atoms with Gasteiger partial charge < -0.3 is 15.5 Å². The molecule has 1 amide bonds. The van der Waals surface area contributed by atoms with Crippen LogP contribution in [0.2, 0.25) is 0 Å². The first-order valence-corrected chi connectivity index (χ1v) is 5.15. The largest absolute Gasteiger partial charge is 0.479 e. The second kappa shape index (κ2) is 2.95. The summed E-state index contributed by atoms with van der Waals surface area (Å²) in [6.45, 7) is 1.31. The van der Waals surface area contributed by atoms with E-state index in [4.69, 9.17) is 0 Å². The zero-order valence-corrected chi connectivity index (χ0v) is 8.62. The summed E-state index contributed by atoms with van der Waals surface area (Å²) in [5, 5.41) is 21.4. The van der Waals surface area contributed by atoms with Crippen molar-refractivity contribution in [3.8, 4) is 0 Å². The molecule has 0 radical (unpaired) electrons. The zero-order valence-electron chi connectivity index (χ0n) is 8.62. The Morgan fingerprint density at radius 2 is 2.00 bits per heavy atom. The molecule has 2 atom stereocenters. The van der Waals surface area contributed by atoms with Crippen LogP contribution in [0.4, 0.5) is 0 Å². The minimum absolute atomic E-state index is 0.127. The Morgan fingerprint density at radius 1 is 1.40 bits per heavy atom. The Balaban J connectivity index is 2.28. The first-order chi connectivity index (χ1) is 6.94. The molecule has 2 rings (SSSR count). The zero-order chi connectivity index (χ0) is 11.3. The predicted octanol–water partition coefficient (Wildman–Crippen LogP) is -0.119. The van der Waals surface area contributed by atoms with Crippen molar-refractivity contribution < 1.29 is 19.8 Å². The summed E-state index contributed by atoms with van der Waals surface area (Å²) in [5.41, 5.74) is -1.83. The lowest BCUT2D eigenvalue weighted by molar-refractivity contribution is -0.214. The minimum Gasteiger partial charge on any atom is -0.479 e. The van der Waals surface area contributed by atoms with Gasteiger partial charge in [0.05, 0.1) is 6.10 Å². The summed E-state index contributed by atoms with van der Waals surface area (Å²) in [6.07, 6.45) is 1.82. The van der Waals surface area contributed by atoms with Crippen LogP contribution in [0.1, 0.15) is 32.6 Å². The van der Waals surface area contributed by atoms with Gasteiger partial charge in [-0.05, 0) is 12.8 Å². The molecule has 2 aliphatic carbocycles. The van der Waals surface area contributed by atoms with Crippen molar-refractivity contribution in [2.75, 3.05) is 0 Å². The molecule has 0 saturated heterocycles. The molecule has 2 saturated carbocycles. The molecule has 5 nitrogen and oxygen atoms in total. The van der Waals surface area contributed by atoms with E-state index >= 15 is 0 Å². The van der Waals surface area contributed by atoms with Crippen LogP contribution in [0, 0.1) is 5.41 Å². The van der Waals surface area contributed by atoms with Crippen LogP contribution < -0.4 is 5.32 Å². The number of aliphatic hydroxyl groups is 1. The molecule has 0 heterocycles. The quantitative estimate of drug-likeness (QED) is 0.597. The number of hydrogen-bond donors (Lipinski definition) is 3. The average molecular weight is 213 g/mol. The van der Waals surface area contributed by atoms with Crippen molar-refractivity contribution in [2.24, 2.45) is 5.41 Å². The lowest BCUT2D eigenvalue weighted by atomic mass is 9.43. The number of nitrogens with one attached hydrogen (secondary N) is 1. The number of carboxylic acid groups (broad SMARTS) is 1. The van der Waals surface area contributed by atoms with E-state index in [2.05, 4.69) is 5.32 Å². The molecule has 84 valence electrons. The highest BCUT2D eigenvalue weighted by atomic mass is 16.4. The van der Waals surface area contributed by atoms with Gasteiger partial charge in [-0.2, -0.15) is 0 Å². The Hall–Kier alpha value is -1.10. The van der Waals surface area contributed by atoms with Crippen molar-refractivity contribution in [3.63, 3.8) is 0 Å². The maximum absolute atomic E-state index is 11.3. The van der Waals surface area contributed by atoms with Gasteiger partial charge in [0, 0.05) is 18.8 Å². The van der Waals surface area contributed by atoms with E-state index < -0.39 is 23.0 Å². The molecule has 2 aliphatic rings. The van der Waals surface area contributed by atoms with Gasteiger partial charge in [0.25, 0.3) is 0 Å². The summed E-state index contributed by atoms with van der Waals surface area (Å²) in [6, 6.07) is 0. The van der Waals surface area contributed by atoms with Gasteiger partial charge in [-0.1, -0.05) is 6.42 Å². The van der Waals surface area contributed by atoms with E-state index in [1.165, 1.54) is 6.92 Å². The summed E-state index contributed by atoms with van der Waals surface area (Å²) in [7, 11) is 0. The molecule has 0 aromatic heterocycles. The number of hydrogen-bond acceptors (Lipinski definition) is 3.